The van der Waals surface area contributed by atoms with E-state index in [0.717, 1.165) is 51.7 Å². The Balaban J connectivity index is 1.41. The first-order valence-corrected chi connectivity index (χ1v) is 9.65. The number of hydrogen-bond acceptors (Lipinski definition) is 3. The molecule has 0 aromatic heterocycles. The van der Waals surface area contributed by atoms with Crippen LogP contribution in [0.25, 0.3) is 0 Å². The maximum absolute atomic E-state index is 12.2. The third-order valence-corrected chi connectivity index (χ3v) is 5.59. The number of nitrogens with one attached hydrogen (secondary N) is 2. The van der Waals surface area contributed by atoms with Gasteiger partial charge in [-0.1, -0.05) is 36.8 Å². The molecule has 142 valence electrons. The first-order chi connectivity index (χ1) is 12.6. The zero-order chi connectivity index (χ0) is 18.4. The molecule has 0 bridgehead atoms. The van der Waals surface area contributed by atoms with E-state index in [2.05, 4.69) is 39.8 Å². The average Bonchev–Trinajstić information content (AvgIpc) is 3.10. The van der Waals surface area contributed by atoms with Crippen LogP contribution in [-0.4, -0.2) is 47.7 Å². The van der Waals surface area contributed by atoms with Crippen LogP contribution in [0.15, 0.2) is 30.3 Å². The van der Waals surface area contributed by atoms with Crippen LogP contribution in [-0.2, 0) is 11.3 Å². The molecular weight excluding hydrogens is 330 g/mol. The van der Waals surface area contributed by atoms with E-state index in [1.54, 1.807) is 0 Å². The standard InChI is InChI=1S/C20H29N3O3/c24-19(25)18-10-4-8-16(18)12-21-20(26)22-17-9-5-11-23(14-17)13-15-6-2-1-3-7-15/h1-3,6-7,16-18H,4-5,8-14H2,(H,24,25)(H2,21,22,26). The highest BCUT2D eigenvalue weighted by atomic mass is 16.4. The molecule has 3 rings (SSSR count). The summed E-state index contributed by atoms with van der Waals surface area (Å²) in [4.78, 5) is 25.8. The molecule has 1 heterocycles. The van der Waals surface area contributed by atoms with Gasteiger partial charge in [-0.25, -0.2) is 4.79 Å². The second-order valence-electron chi connectivity index (χ2n) is 7.55. The lowest BCUT2D eigenvalue weighted by Crippen LogP contribution is -2.51. The maximum Gasteiger partial charge on any atom is 0.315 e. The molecule has 1 aromatic carbocycles. The molecular formula is C20H29N3O3. The molecule has 0 spiro atoms. The van der Waals surface area contributed by atoms with Gasteiger partial charge < -0.3 is 15.7 Å². The Labute approximate surface area is 155 Å². The molecule has 26 heavy (non-hydrogen) atoms. The van der Waals surface area contributed by atoms with Gasteiger partial charge in [0.15, 0.2) is 0 Å². The van der Waals surface area contributed by atoms with Gasteiger partial charge >= 0.3 is 12.0 Å². The number of carbonyl (C=O) groups excluding carboxylic acids is 1. The van der Waals surface area contributed by atoms with E-state index in [0.29, 0.717) is 6.54 Å². The van der Waals surface area contributed by atoms with E-state index >= 15 is 0 Å². The summed E-state index contributed by atoms with van der Waals surface area (Å²) in [5.74, 6) is -0.996. The normalized spacial score (nSPS) is 26.4. The molecule has 2 aliphatic rings. The van der Waals surface area contributed by atoms with Crippen molar-refractivity contribution in [3.63, 3.8) is 0 Å². The van der Waals surface area contributed by atoms with Crippen LogP contribution in [0.5, 0.6) is 0 Å². The summed E-state index contributed by atoms with van der Waals surface area (Å²) in [6, 6.07) is 10.4. The minimum atomic E-state index is -0.737. The van der Waals surface area contributed by atoms with Crippen LogP contribution in [0.4, 0.5) is 4.79 Å². The Morgan fingerprint density at radius 2 is 1.92 bits per heavy atom. The Hall–Kier alpha value is -2.08. The van der Waals surface area contributed by atoms with Gasteiger partial charge in [0.2, 0.25) is 0 Å². The van der Waals surface area contributed by atoms with Gasteiger partial charge in [0.05, 0.1) is 5.92 Å². The van der Waals surface area contributed by atoms with E-state index in [-0.39, 0.29) is 23.9 Å². The number of carboxylic acid groups (broad SMARTS) is 1. The maximum atomic E-state index is 12.2. The van der Waals surface area contributed by atoms with Gasteiger partial charge in [0, 0.05) is 25.7 Å². The lowest BCUT2D eigenvalue weighted by molar-refractivity contribution is -0.142. The zero-order valence-electron chi connectivity index (χ0n) is 15.2. The summed E-state index contributed by atoms with van der Waals surface area (Å²) in [7, 11) is 0. The van der Waals surface area contributed by atoms with Gasteiger partial charge in [0.25, 0.3) is 0 Å². The van der Waals surface area contributed by atoms with Crippen LogP contribution >= 0.6 is 0 Å². The fourth-order valence-corrected chi connectivity index (χ4v) is 4.23. The van der Waals surface area contributed by atoms with Crippen LogP contribution < -0.4 is 10.6 Å². The number of urea groups is 1. The Kier molecular flexibility index (Phi) is 6.50. The van der Waals surface area contributed by atoms with Gasteiger partial charge in [0.1, 0.15) is 0 Å². The van der Waals surface area contributed by atoms with Crippen molar-refractivity contribution in [2.24, 2.45) is 11.8 Å². The largest absolute Gasteiger partial charge is 0.481 e. The number of amides is 2. The molecule has 2 fully saturated rings. The number of aliphatic carboxylic acids is 1. The summed E-state index contributed by atoms with van der Waals surface area (Å²) in [6.45, 7) is 3.26. The van der Waals surface area contributed by atoms with Crippen molar-refractivity contribution in [1.82, 2.24) is 15.5 Å². The number of carbonyl (C=O) groups is 2. The summed E-state index contributed by atoms with van der Waals surface area (Å²) in [5, 5.41) is 15.2. The van der Waals surface area contributed by atoms with E-state index in [4.69, 9.17) is 0 Å². The van der Waals surface area contributed by atoms with Crippen LogP contribution in [0.1, 0.15) is 37.7 Å². The minimum Gasteiger partial charge on any atom is -0.481 e. The van der Waals surface area contributed by atoms with E-state index in [1.165, 1.54) is 5.56 Å². The molecule has 1 saturated heterocycles. The molecule has 6 nitrogen and oxygen atoms in total. The van der Waals surface area contributed by atoms with Crippen LogP contribution in [0.3, 0.4) is 0 Å². The van der Waals surface area contributed by atoms with Gasteiger partial charge in [-0.15, -0.1) is 0 Å². The smallest absolute Gasteiger partial charge is 0.315 e. The lowest BCUT2D eigenvalue weighted by Gasteiger charge is -2.33. The summed E-state index contributed by atoms with van der Waals surface area (Å²) in [5.41, 5.74) is 1.29. The first-order valence-electron chi connectivity index (χ1n) is 9.65. The van der Waals surface area contributed by atoms with Crippen molar-refractivity contribution in [3.8, 4) is 0 Å². The predicted molar refractivity (Wildman–Crippen MR) is 99.7 cm³/mol. The molecule has 1 aliphatic carbocycles. The Morgan fingerprint density at radius 1 is 1.12 bits per heavy atom. The monoisotopic (exact) mass is 359 g/mol. The molecule has 3 atom stereocenters. The molecule has 3 N–H and O–H groups in total. The van der Waals surface area contributed by atoms with E-state index in [9.17, 15) is 14.7 Å². The third kappa shape index (κ3) is 5.21. The molecule has 1 saturated carbocycles. The van der Waals surface area contributed by atoms with Gasteiger partial charge in [-0.2, -0.15) is 0 Å². The lowest BCUT2D eigenvalue weighted by atomic mass is 9.96. The number of rotatable bonds is 6. The minimum absolute atomic E-state index is 0.0548. The third-order valence-electron chi connectivity index (χ3n) is 5.59. The summed E-state index contributed by atoms with van der Waals surface area (Å²) < 4.78 is 0. The van der Waals surface area contributed by atoms with Crippen molar-refractivity contribution in [2.75, 3.05) is 19.6 Å². The highest BCUT2D eigenvalue weighted by molar-refractivity contribution is 5.74. The average molecular weight is 359 g/mol. The quantitative estimate of drug-likeness (QED) is 0.729. The summed E-state index contributed by atoms with van der Waals surface area (Å²) >= 11 is 0. The van der Waals surface area contributed by atoms with Crippen molar-refractivity contribution < 1.29 is 14.7 Å². The fraction of sp³-hybridized carbons (Fsp3) is 0.600. The second-order valence-corrected chi connectivity index (χ2v) is 7.55. The van der Waals surface area contributed by atoms with Crippen LogP contribution in [0, 0.1) is 11.8 Å². The number of benzene rings is 1. The van der Waals surface area contributed by atoms with Crippen molar-refractivity contribution in [1.29, 1.82) is 0 Å². The number of piperidine rings is 1. The molecule has 1 aliphatic heterocycles. The highest BCUT2D eigenvalue weighted by Crippen LogP contribution is 2.31. The number of carboxylic acids is 1. The zero-order valence-corrected chi connectivity index (χ0v) is 15.2. The topological polar surface area (TPSA) is 81.7 Å². The van der Waals surface area contributed by atoms with Gasteiger partial charge in [-0.3, -0.25) is 9.69 Å². The molecule has 1 aromatic rings. The molecule has 0 radical (unpaired) electrons. The predicted octanol–water partition coefficient (Wildman–Crippen LogP) is 2.45. The SMILES string of the molecule is O=C(NCC1CCCC1C(=O)O)NC1CCCN(Cc2ccccc2)C1. The van der Waals surface area contributed by atoms with Crippen molar-refractivity contribution in [2.45, 2.75) is 44.7 Å². The number of hydrogen-bond donors (Lipinski definition) is 3. The Bertz CT molecular complexity index is 608. The van der Waals surface area contributed by atoms with Crippen molar-refractivity contribution >= 4 is 12.0 Å². The number of nitrogens with zero attached hydrogens (tertiary/aromatic N) is 1. The highest BCUT2D eigenvalue weighted by Gasteiger charge is 2.33. The van der Waals surface area contributed by atoms with Gasteiger partial charge in [-0.05, 0) is 43.7 Å². The summed E-state index contributed by atoms with van der Waals surface area (Å²) in [6.07, 6.45) is 4.59. The second kappa shape index (κ2) is 9.03. The molecule has 3 unspecified atom stereocenters. The van der Waals surface area contributed by atoms with Crippen molar-refractivity contribution in [3.05, 3.63) is 35.9 Å². The van der Waals surface area contributed by atoms with E-state index in [1.807, 2.05) is 6.07 Å². The Morgan fingerprint density at radius 3 is 2.69 bits per heavy atom. The fourth-order valence-electron chi connectivity index (χ4n) is 4.23. The van der Waals surface area contributed by atoms with Crippen LogP contribution in [0.2, 0.25) is 0 Å². The first kappa shape index (κ1) is 18.7. The molecule has 6 heteroatoms. The molecule has 2 amide bonds. The number of likely N-dealkylation sites (tertiary alicyclic amines) is 1. The van der Waals surface area contributed by atoms with E-state index < -0.39 is 5.97 Å².